The molecule has 1 aromatic carbocycles. The van der Waals surface area contributed by atoms with Crippen LogP contribution in [0.15, 0.2) is 29.5 Å². The number of hydrogen-bond acceptors (Lipinski definition) is 3. The van der Waals surface area contributed by atoms with E-state index in [0.29, 0.717) is 5.92 Å². The number of rotatable bonds is 2. The van der Waals surface area contributed by atoms with Gasteiger partial charge in [-0.15, -0.1) is 0 Å². The first kappa shape index (κ1) is 13.2. The van der Waals surface area contributed by atoms with Crippen LogP contribution in [0.2, 0.25) is 0 Å². The van der Waals surface area contributed by atoms with E-state index >= 15 is 0 Å². The fourth-order valence-electron chi connectivity index (χ4n) is 2.98. The van der Waals surface area contributed by atoms with Crippen molar-refractivity contribution in [2.45, 2.75) is 40.3 Å². The molecule has 0 fully saturated rings. The van der Waals surface area contributed by atoms with Crippen molar-refractivity contribution in [3.05, 3.63) is 35.0 Å². The second kappa shape index (κ2) is 4.63. The summed E-state index contributed by atoms with van der Waals surface area (Å²) in [6.07, 6.45) is 0.201. The standard InChI is InChI=1S/C16H21N3O/c1-5-11-13(9(2)3)17-16-18-14-10(4)7-6-8-12(14)19(16)15(11)20/h6-9,15,20H,5H2,1-4H3,(H,17,18). The molecule has 0 saturated heterocycles. The third kappa shape index (κ3) is 1.75. The van der Waals surface area contributed by atoms with Crippen molar-refractivity contribution in [2.75, 3.05) is 5.32 Å². The van der Waals surface area contributed by atoms with Gasteiger partial charge >= 0.3 is 0 Å². The maximum absolute atomic E-state index is 10.7. The first-order valence-electron chi connectivity index (χ1n) is 7.20. The zero-order chi connectivity index (χ0) is 14.4. The number of nitrogens with zero attached hydrogens (tertiary/aromatic N) is 2. The quantitative estimate of drug-likeness (QED) is 0.877. The molecule has 1 atom stereocenters. The number of allylic oxidation sites excluding steroid dienone is 1. The summed E-state index contributed by atoms with van der Waals surface area (Å²) in [4.78, 5) is 4.66. The second-order valence-electron chi connectivity index (χ2n) is 5.69. The number of benzene rings is 1. The smallest absolute Gasteiger partial charge is 0.210 e. The molecule has 0 radical (unpaired) electrons. The van der Waals surface area contributed by atoms with E-state index in [2.05, 4.69) is 31.1 Å². The highest BCUT2D eigenvalue weighted by atomic mass is 16.3. The van der Waals surface area contributed by atoms with Crippen molar-refractivity contribution < 1.29 is 5.11 Å². The summed E-state index contributed by atoms with van der Waals surface area (Å²) < 4.78 is 1.90. The predicted octanol–water partition coefficient (Wildman–Crippen LogP) is 3.58. The predicted molar refractivity (Wildman–Crippen MR) is 81.5 cm³/mol. The van der Waals surface area contributed by atoms with Crippen LogP contribution in [0.3, 0.4) is 0 Å². The van der Waals surface area contributed by atoms with Gasteiger partial charge in [0, 0.05) is 5.70 Å². The minimum Gasteiger partial charge on any atom is -0.369 e. The van der Waals surface area contributed by atoms with Gasteiger partial charge in [0.05, 0.1) is 11.0 Å². The maximum Gasteiger partial charge on any atom is 0.210 e. The van der Waals surface area contributed by atoms with Gasteiger partial charge in [0.1, 0.15) is 0 Å². The van der Waals surface area contributed by atoms with E-state index in [0.717, 1.165) is 40.2 Å². The van der Waals surface area contributed by atoms with E-state index in [4.69, 9.17) is 0 Å². The summed E-state index contributed by atoms with van der Waals surface area (Å²) in [7, 11) is 0. The summed E-state index contributed by atoms with van der Waals surface area (Å²) in [5, 5.41) is 14.2. The summed E-state index contributed by atoms with van der Waals surface area (Å²) in [5.41, 5.74) is 5.21. The van der Waals surface area contributed by atoms with Crippen LogP contribution in [-0.2, 0) is 0 Å². The minimum atomic E-state index is -0.625. The van der Waals surface area contributed by atoms with Crippen molar-refractivity contribution in [1.29, 1.82) is 0 Å². The van der Waals surface area contributed by atoms with Crippen LogP contribution in [0.1, 0.15) is 39.0 Å². The Morgan fingerprint density at radius 3 is 2.80 bits per heavy atom. The van der Waals surface area contributed by atoms with E-state index in [1.807, 2.05) is 29.7 Å². The van der Waals surface area contributed by atoms with E-state index in [-0.39, 0.29) is 0 Å². The largest absolute Gasteiger partial charge is 0.369 e. The van der Waals surface area contributed by atoms with Gasteiger partial charge in [-0.3, -0.25) is 4.57 Å². The van der Waals surface area contributed by atoms with Gasteiger partial charge in [0.2, 0.25) is 5.95 Å². The zero-order valence-corrected chi connectivity index (χ0v) is 12.4. The lowest BCUT2D eigenvalue weighted by molar-refractivity contribution is 0.139. The number of aromatic nitrogens is 2. The molecule has 2 heterocycles. The molecular weight excluding hydrogens is 250 g/mol. The molecule has 1 aromatic heterocycles. The molecular formula is C16H21N3O. The summed E-state index contributed by atoms with van der Waals surface area (Å²) in [5.74, 6) is 1.08. The Kier molecular flexibility index (Phi) is 3.05. The number of hydrogen-bond donors (Lipinski definition) is 2. The first-order chi connectivity index (χ1) is 9.54. The van der Waals surface area contributed by atoms with E-state index in [1.165, 1.54) is 0 Å². The highest BCUT2D eigenvalue weighted by Gasteiger charge is 2.28. The SMILES string of the molecule is CCC1=C(C(C)C)Nc2nc3c(C)cccc3n2C1O. The van der Waals surface area contributed by atoms with Crippen LogP contribution in [0.5, 0.6) is 0 Å². The van der Waals surface area contributed by atoms with Crippen molar-refractivity contribution in [2.24, 2.45) is 5.92 Å². The molecule has 0 saturated carbocycles. The van der Waals surface area contributed by atoms with Crippen molar-refractivity contribution in [3.63, 3.8) is 0 Å². The van der Waals surface area contributed by atoms with Crippen molar-refractivity contribution in [1.82, 2.24) is 9.55 Å². The van der Waals surface area contributed by atoms with Crippen LogP contribution in [0, 0.1) is 12.8 Å². The highest BCUT2D eigenvalue weighted by molar-refractivity contribution is 5.83. The van der Waals surface area contributed by atoms with E-state index in [1.54, 1.807) is 0 Å². The Bertz CT molecular complexity index is 697. The minimum absolute atomic E-state index is 0.342. The molecule has 0 aliphatic carbocycles. The van der Waals surface area contributed by atoms with Crippen LogP contribution < -0.4 is 5.32 Å². The lowest BCUT2D eigenvalue weighted by Crippen LogP contribution is -2.25. The number of fused-ring (bicyclic) bond motifs is 3. The number of anilines is 1. The molecule has 3 rings (SSSR count). The Morgan fingerprint density at radius 2 is 2.15 bits per heavy atom. The average molecular weight is 271 g/mol. The Balaban J connectivity index is 2.24. The van der Waals surface area contributed by atoms with Gasteiger partial charge in [-0.1, -0.05) is 32.9 Å². The molecule has 4 nitrogen and oxygen atoms in total. The third-order valence-electron chi connectivity index (χ3n) is 4.03. The van der Waals surface area contributed by atoms with Gasteiger partial charge in [0.15, 0.2) is 6.23 Å². The average Bonchev–Trinajstić information content (AvgIpc) is 2.78. The normalized spacial score (nSPS) is 18.6. The lowest BCUT2D eigenvalue weighted by Gasteiger charge is -2.30. The van der Waals surface area contributed by atoms with Crippen LogP contribution >= 0.6 is 0 Å². The number of imidazole rings is 1. The molecule has 0 amide bonds. The molecule has 1 unspecified atom stereocenters. The molecule has 0 bridgehead atoms. The van der Waals surface area contributed by atoms with Crippen LogP contribution in [-0.4, -0.2) is 14.7 Å². The van der Waals surface area contributed by atoms with Gasteiger partial charge in [-0.2, -0.15) is 0 Å². The Hall–Kier alpha value is -1.81. The summed E-state index contributed by atoms with van der Waals surface area (Å²) in [6, 6.07) is 6.06. The highest BCUT2D eigenvalue weighted by Crippen LogP contribution is 2.37. The lowest BCUT2D eigenvalue weighted by atomic mass is 9.99. The fraction of sp³-hybridized carbons (Fsp3) is 0.438. The van der Waals surface area contributed by atoms with Gasteiger partial charge in [-0.25, -0.2) is 4.98 Å². The van der Waals surface area contributed by atoms with E-state index in [9.17, 15) is 5.11 Å². The fourth-order valence-corrected chi connectivity index (χ4v) is 2.98. The second-order valence-corrected chi connectivity index (χ2v) is 5.69. The molecule has 0 spiro atoms. The molecule has 2 N–H and O–H groups in total. The van der Waals surface area contributed by atoms with Crippen molar-refractivity contribution >= 4 is 17.0 Å². The van der Waals surface area contributed by atoms with Crippen LogP contribution in [0.25, 0.3) is 11.0 Å². The maximum atomic E-state index is 10.7. The van der Waals surface area contributed by atoms with E-state index < -0.39 is 6.23 Å². The summed E-state index contributed by atoms with van der Waals surface area (Å²) >= 11 is 0. The first-order valence-corrected chi connectivity index (χ1v) is 7.20. The van der Waals surface area contributed by atoms with Crippen LogP contribution in [0.4, 0.5) is 5.95 Å². The Labute approximate surface area is 119 Å². The van der Waals surface area contributed by atoms with Gasteiger partial charge in [0.25, 0.3) is 0 Å². The number of nitrogens with one attached hydrogen (secondary N) is 1. The molecule has 4 heteroatoms. The summed E-state index contributed by atoms with van der Waals surface area (Å²) in [6.45, 7) is 8.39. The van der Waals surface area contributed by atoms with Crippen molar-refractivity contribution in [3.8, 4) is 0 Å². The topological polar surface area (TPSA) is 50.1 Å². The number of aliphatic hydroxyl groups excluding tert-OH is 1. The molecule has 1 aliphatic rings. The molecule has 1 aliphatic heterocycles. The monoisotopic (exact) mass is 271 g/mol. The molecule has 106 valence electrons. The number of aliphatic hydroxyl groups is 1. The zero-order valence-electron chi connectivity index (χ0n) is 12.4. The van der Waals surface area contributed by atoms with Gasteiger partial charge < -0.3 is 10.4 Å². The third-order valence-corrected chi connectivity index (χ3v) is 4.03. The number of para-hydroxylation sites is 1. The van der Waals surface area contributed by atoms with Gasteiger partial charge in [-0.05, 0) is 36.5 Å². The molecule has 2 aromatic rings. The Morgan fingerprint density at radius 1 is 1.40 bits per heavy atom. The molecule has 20 heavy (non-hydrogen) atoms. The number of aryl methyl sites for hydroxylation is 1.